The molecule has 0 spiro atoms. The van der Waals surface area contributed by atoms with Crippen LogP contribution in [0.2, 0.25) is 0 Å². The van der Waals surface area contributed by atoms with Crippen LogP contribution in [0.3, 0.4) is 0 Å². The molecule has 0 aliphatic rings. The molecule has 12 heavy (non-hydrogen) atoms. The summed E-state index contributed by atoms with van der Waals surface area (Å²) in [6.45, 7) is 0. The second-order valence-electron chi connectivity index (χ2n) is 2.46. The number of nitrogen functional groups attached to an aromatic ring is 1. The summed E-state index contributed by atoms with van der Waals surface area (Å²) in [6.07, 6.45) is 0. The molecule has 1 aromatic heterocycles. The lowest BCUT2D eigenvalue weighted by atomic mass is 10.2. The van der Waals surface area contributed by atoms with Gasteiger partial charge in [0, 0.05) is 23.9 Å². The Hall–Kier alpha value is 0.0600. The van der Waals surface area contributed by atoms with Gasteiger partial charge in [-0.15, -0.1) is 24.0 Å². The van der Waals surface area contributed by atoms with Crippen molar-refractivity contribution in [3.8, 4) is 0 Å². The van der Waals surface area contributed by atoms with E-state index in [1.54, 1.807) is 11.3 Å². The quantitative estimate of drug-likeness (QED) is 0.435. The first kappa shape index (κ1) is 8.65. The van der Waals surface area contributed by atoms with Crippen molar-refractivity contribution in [3.05, 3.63) is 21.1 Å². The Labute approximate surface area is 93.5 Å². The van der Waals surface area contributed by atoms with Crippen LogP contribution in [0.5, 0.6) is 0 Å². The SMILES string of the molecule is Nc1c(S)ccc2scc(I)c12. The monoisotopic (exact) mass is 307 g/mol. The molecular weight excluding hydrogens is 301 g/mol. The molecule has 1 nitrogen and oxygen atoms in total. The van der Waals surface area contributed by atoms with E-state index in [9.17, 15) is 0 Å². The largest absolute Gasteiger partial charge is 0.397 e. The minimum atomic E-state index is 0.793. The molecule has 62 valence electrons. The van der Waals surface area contributed by atoms with Crippen LogP contribution in [0.25, 0.3) is 10.1 Å². The average molecular weight is 307 g/mol. The lowest BCUT2D eigenvalue weighted by Gasteiger charge is -2.00. The third kappa shape index (κ3) is 1.22. The molecule has 0 radical (unpaired) electrons. The molecule has 2 rings (SSSR count). The fraction of sp³-hybridized carbons (Fsp3) is 0. The molecular formula is C8H6INS2. The fourth-order valence-corrected chi connectivity index (χ4v) is 3.27. The Morgan fingerprint density at radius 2 is 2.17 bits per heavy atom. The Balaban J connectivity index is 2.96. The molecule has 1 heterocycles. The summed E-state index contributed by atoms with van der Waals surface area (Å²) in [5, 5.41) is 3.25. The highest BCUT2D eigenvalue weighted by Crippen LogP contribution is 2.34. The van der Waals surface area contributed by atoms with Crippen LogP contribution in [0.4, 0.5) is 5.69 Å². The molecule has 0 atom stereocenters. The van der Waals surface area contributed by atoms with Crippen LogP contribution < -0.4 is 5.73 Å². The maximum atomic E-state index is 5.89. The van der Waals surface area contributed by atoms with Crippen LogP contribution in [0.1, 0.15) is 0 Å². The summed E-state index contributed by atoms with van der Waals surface area (Å²) in [4.78, 5) is 0.860. The van der Waals surface area contributed by atoms with Gasteiger partial charge in [0.25, 0.3) is 0 Å². The number of hydrogen-bond acceptors (Lipinski definition) is 3. The van der Waals surface area contributed by atoms with Crippen molar-refractivity contribution in [1.82, 2.24) is 0 Å². The number of halogens is 1. The number of thiol groups is 1. The second-order valence-corrected chi connectivity index (χ2v) is 5.01. The normalized spacial score (nSPS) is 10.8. The van der Waals surface area contributed by atoms with E-state index in [2.05, 4.69) is 46.7 Å². The number of thiophene rings is 1. The summed E-state index contributed by atoms with van der Waals surface area (Å²) < 4.78 is 2.44. The number of anilines is 1. The third-order valence-corrected chi connectivity index (χ3v) is 4.32. The number of hydrogen-bond donors (Lipinski definition) is 2. The van der Waals surface area contributed by atoms with Gasteiger partial charge >= 0.3 is 0 Å². The molecule has 2 N–H and O–H groups in total. The summed E-state index contributed by atoms with van der Waals surface area (Å²) in [6, 6.07) is 3.99. The van der Waals surface area contributed by atoms with Gasteiger partial charge in [-0.2, -0.15) is 0 Å². The Bertz CT molecular complexity index is 436. The molecule has 0 saturated carbocycles. The van der Waals surface area contributed by atoms with Gasteiger partial charge < -0.3 is 5.73 Å². The molecule has 0 unspecified atom stereocenters. The number of rotatable bonds is 0. The van der Waals surface area contributed by atoms with Crippen LogP contribution in [0, 0.1) is 3.57 Å². The van der Waals surface area contributed by atoms with Crippen molar-refractivity contribution >= 4 is 62.3 Å². The Morgan fingerprint density at radius 1 is 1.42 bits per heavy atom. The lowest BCUT2D eigenvalue weighted by Crippen LogP contribution is -1.87. The highest BCUT2D eigenvalue weighted by Gasteiger charge is 2.06. The van der Waals surface area contributed by atoms with Crippen LogP contribution in [-0.4, -0.2) is 0 Å². The van der Waals surface area contributed by atoms with Crippen molar-refractivity contribution in [1.29, 1.82) is 0 Å². The molecule has 0 fully saturated rings. The van der Waals surface area contributed by atoms with Crippen LogP contribution in [-0.2, 0) is 0 Å². The van der Waals surface area contributed by atoms with Crippen molar-refractivity contribution in [2.45, 2.75) is 4.90 Å². The molecule has 0 saturated heterocycles. The van der Waals surface area contributed by atoms with Crippen LogP contribution in [0.15, 0.2) is 22.4 Å². The summed E-state index contributed by atoms with van der Waals surface area (Å²) in [7, 11) is 0. The van der Waals surface area contributed by atoms with Gasteiger partial charge in [-0.3, -0.25) is 0 Å². The van der Waals surface area contributed by atoms with Gasteiger partial charge in [0.05, 0.1) is 5.69 Å². The first-order chi connectivity index (χ1) is 5.70. The third-order valence-electron chi connectivity index (χ3n) is 1.71. The van der Waals surface area contributed by atoms with Crippen molar-refractivity contribution in [2.24, 2.45) is 0 Å². The maximum Gasteiger partial charge on any atom is 0.0548 e. The van der Waals surface area contributed by atoms with E-state index in [-0.39, 0.29) is 0 Å². The first-order valence-corrected chi connectivity index (χ1v) is 5.75. The average Bonchev–Trinajstić information content (AvgIpc) is 2.41. The zero-order valence-corrected chi connectivity index (χ0v) is 9.91. The fourth-order valence-electron chi connectivity index (χ4n) is 1.11. The predicted molar refractivity (Wildman–Crippen MR) is 66.2 cm³/mol. The zero-order valence-electron chi connectivity index (χ0n) is 6.04. The molecule has 0 amide bonds. The van der Waals surface area contributed by atoms with E-state index in [1.807, 2.05) is 6.07 Å². The predicted octanol–water partition coefficient (Wildman–Crippen LogP) is 3.38. The highest BCUT2D eigenvalue weighted by molar-refractivity contribution is 14.1. The second kappa shape index (κ2) is 3.08. The summed E-state index contributed by atoms with van der Waals surface area (Å²) >= 11 is 8.28. The van der Waals surface area contributed by atoms with E-state index in [0.29, 0.717) is 0 Å². The minimum Gasteiger partial charge on any atom is -0.397 e. The summed E-state index contributed by atoms with van der Waals surface area (Å²) in [5.41, 5.74) is 6.68. The van der Waals surface area contributed by atoms with Gasteiger partial charge in [-0.1, -0.05) is 0 Å². The van der Waals surface area contributed by atoms with E-state index in [0.717, 1.165) is 16.0 Å². The number of nitrogens with two attached hydrogens (primary N) is 1. The van der Waals surface area contributed by atoms with E-state index in [4.69, 9.17) is 5.73 Å². The Kier molecular flexibility index (Phi) is 2.22. The zero-order chi connectivity index (χ0) is 8.72. The van der Waals surface area contributed by atoms with Gasteiger partial charge in [0.15, 0.2) is 0 Å². The molecule has 1 aromatic carbocycles. The van der Waals surface area contributed by atoms with Crippen LogP contribution >= 0.6 is 46.6 Å². The molecule has 4 heteroatoms. The number of fused-ring (bicyclic) bond motifs is 1. The topological polar surface area (TPSA) is 26.0 Å². The van der Waals surface area contributed by atoms with Gasteiger partial charge in [0.1, 0.15) is 0 Å². The minimum absolute atomic E-state index is 0.793. The van der Waals surface area contributed by atoms with Gasteiger partial charge in [-0.05, 0) is 34.7 Å². The van der Waals surface area contributed by atoms with Gasteiger partial charge in [0.2, 0.25) is 0 Å². The Morgan fingerprint density at radius 3 is 2.92 bits per heavy atom. The van der Waals surface area contributed by atoms with E-state index >= 15 is 0 Å². The maximum absolute atomic E-state index is 5.89. The standard InChI is InChI=1S/C8H6INS2/c9-4-3-12-6-2-1-5(11)8(10)7(4)6/h1-3,11H,10H2. The first-order valence-electron chi connectivity index (χ1n) is 3.34. The molecule has 0 aliphatic heterocycles. The van der Waals surface area contributed by atoms with E-state index < -0.39 is 0 Å². The number of benzene rings is 1. The van der Waals surface area contributed by atoms with Crippen molar-refractivity contribution in [2.75, 3.05) is 5.73 Å². The van der Waals surface area contributed by atoms with E-state index in [1.165, 1.54) is 8.27 Å². The highest BCUT2D eigenvalue weighted by atomic mass is 127. The van der Waals surface area contributed by atoms with Gasteiger partial charge in [-0.25, -0.2) is 0 Å². The molecule has 0 bridgehead atoms. The summed E-state index contributed by atoms with van der Waals surface area (Å²) in [5.74, 6) is 0. The lowest BCUT2D eigenvalue weighted by molar-refractivity contribution is 1.53. The smallest absolute Gasteiger partial charge is 0.0548 e. The molecule has 2 aromatic rings. The van der Waals surface area contributed by atoms with Crippen molar-refractivity contribution < 1.29 is 0 Å². The van der Waals surface area contributed by atoms with Crippen molar-refractivity contribution in [3.63, 3.8) is 0 Å². The molecule has 0 aliphatic carbocycles.